The lowest BCUT2D eigenvalue weighted by atomic mass is 10.1. The van der Waals surface area contributed by atoms with Crippen LogP contribution in [-0.4, -0.2) is 15.0 Å². The first-order valence-electron chi connectivity index (χ1n) is 6.14. The van der Waals surface area contributed by atoms with Crippen molar-refractivity contribution < 1.29 is 0 Å². The molecule has 1 aromatic carbocycles. The Hall–Kier alpha value is -2.49. The van der Waals surface area contributed by atoms with Gasteiger partial charge in [-0.2, -0.15) is 0 Å². The molecular weight excluding hydrogens is 236 g/mol. The van der Waals surface area contributed by atoms with Crippen molar-refractivity contribution in [1.29, 1.82) is 0 Å². The van der Waals surface area contributed by atoms with Crippen LogP contribution in [0.1, 0.15) is 11.1 Å². The zero-order chi connectivity index (χ0) is 13.2. The van der Waals surface area contributed by atoms with Crippen LogP contribution in [0.5, 0.6) is 0 Å². The molecule has 0 radical (unpaired) electrons. The van der Waals surface area contributed by atoms with Gasteiger partial charge in [-0.25, -0.2) is 15.0 Å². The van der Waals surface area contributed by atoms with Gasteiger partial charge in [-0.3, -0.25) is 0 Å². The number of aromatic nitrogens is 3. The highest BCUT2D eigenvalue weighted by Gasteiger charge is 2.01. The summed E-state index contributed by atoms with van der Waals surface area (Å²) in [5.74, 6) is 0.703. The van der Waals surface area contributed by atoms with Gasteiger partial charge in [-0.1, -0.05) is 6.07 Å². The Labute approximate surface area is 111 Å². The van der Waals surface area contributed by atoms with E-state index in [1.807, 2.05) is 18.2 Å². The van der Waals surface area contributed by atoms with Crippen LogP contribution < -0.4 is 5.32 Å². The average Bonchev–Trinajstić information content (AvgIpc) is 2.43. The minimum absolute atomic E-state index is 0.649. The highest BCUT2D eigenvalue weighted by molar-refractivity contribution is 5.71. The molecule has 0 aliphatic rings. The fraction of sp³-hybridized carbons (Fsp3) is 0.133. The maximum absolute atomic E-state index is 4.44. The molecule has 3 aromatic rings. The maximum atomic E-state index is 4.44. The number of nitrogens with one attached hydrogen (secondary N) is 1. The summed E-state index contributed by atoms with van der Waals surface area (Å²) < 4.78 is 0. The third kappa shape index (κ3) is 2.38. The molecule has 0 unspecified atom stereocenters. The molecule has 19 heavy (non-hydrogen) atoms. The van der Waals surface area contributed by atoms with Gasteiger partial charge >= 0.3 is 0 Å². The molecule has 0 atom stereocenters. The van der Waals surface area contributed by atoms with Gasteiger partial charge in [-0.05, 0) is 49.2 Å². The van der Waals surface area contributed by atoms with Crippen LogP contribution in [0.15, 0.2) is 42.7 Å². The van der Waals surface area contributed by atoms with E-state index in [0.29, 0.717) is 11.5 Å². The molecule has 94 valence electrons. The van der Waals surface area contributed by atoms with Crippen molar-refractivity contribution in [3.05, 3.63) is 53.9 Å². The van der Waals surface area contributed by atoms with Gasteiger partial charge < -0.3 is 5.32 Å². The predicted molar refractivity (Wildman–Crippen MR) is 76.5 cm³/mol. The summed E-state index contributed by atoms with van der Waals surface area (Å²) in [5.41, 5.74) is 4.98. The molecule has 0 saturated heterocycles. The lowest BCUT2D eigenvalue weighted by Gasteiger charge is -2.08. The Bertz CT molecular complexity index is 737. The summed E-state index contributed by atoms with van der Waals surface area (Å²) in [7, 11) is 0. The lowest BCUT2D eigenvalue weighted by molar-refractivity contribution is 1.22. The summed E-state index contributed by atoms with van der Waals surface area (Å²) in [5, 5.41) is 3.25. The fourth-order valence-corrected chi connectivity index (χ4v) is 1.88. The summed E-state index contributed by atoms with van der Waals surface area (Å²) in [6.45, 7) is 4.19. The molecule has 0 saturated carbocycles. The van der Waals surface area contributed by atoms with Crippen LogP contribution in [-0.2, 0) is 0 Å². The molecule has 3 rings (SSSR count). The van der Waals surface area contributed by atoms with E-state index in [2.05, 4.69) is 46.2 Å². The summed E-state index contributed by atoms with van der Waals surface area (Å²) in [6, 6.07) is 9.97. The molecule has 0 aliphatic carbocycles. The first-order chi connectivity index (χ1) is 9.22. The van der Waals surface area contributed by atoms with E-state index in [4.69, 9.17) is 0 Å². The topological polar surface area (TPSA) is 50.7 Å². The number of aryl methyl sites for hydroxylation is 2. The number of fused-ring (bicyclic) bond motifs is 1. The summed E-state index contributed by atoms with van der Waals surface area (Å²) >= 11 is 0. The van der Waals surface area contributed by atoms with Crippen molar-refractivity contribution in [2.24, 2.45) is 0 Å². The van der Waals surface area contributed by atoms with Crippen LogP contribution in [0.3, 0.4) is 0 Å². The van der Waals surface area contributed by atoms with Gasteiger partial charge in [0.2, 0.25) is 0 Å². The molecule has 0 amide bonds. The molecule has 0 fully saturated rings. The third-order valence-corrected chi connectivity index (χ3v) is 3.10. The standard InChI is InChI=1S/C15H14N4/c1-10-5-6-12(8-11(10)2)18-14-9-17-13-4-3-7-16-15(13)19-14/h3-9H,1-2H3,(H,16,18,19). The number of pyridine rings is 1. The zero-order valence-corrected chi connectivity index (χ0v) is 10.9. The number of hydrogen-bond acceptors (Lipinski definition) is 4. The lowest BCUT2D eigenvalue weighted by Crippen LogP contribution is -1.97. The number of rotatable bonds is 2. The second-order valence-corrected chi connectivity index (χ2v) is 4.53. The highest BCUT2D eigenvalue weighted by Crippen LogP contribution is 2.18. The van der Waals surface area contributed by atoms with Crippen molar-refractivity contribution >= 4 is 22.7 Å². The number of anilines is 2. The van der Waals surface area contributed by atoms with E-state index in [1.165, 1.54) is 11.1 Å². The van der Waals surface area contributed by atoms with Gasteiger partial charge in [0.15, 0.2) is 11.5 Å². The Kier molecular flexibility index (Phi) is 2.83. The molecular formula is C15H14N4. The Morgan fingerprint density at radius 1 is 1.00 bits per heavy atom. The first-order valence-corrected chi connectivity index (χ1v) is 6.14. The molecule has 2 aromatic heterocycles. The van der Waals surface area contributed by atoms with E-state index in [9.17, 15) is 0 Å². The van der Waals surface area contributed by atoms with Crippen LogP contribution >= 0.6 is 0 Å². The molecule has 1 N–H and O–H groups in total. The first kappa shape index (κ1) is 11.6. The number of hydrogen-bond donors (Lipinski definition) is 1. The normalized spacial score (nSPS) is 10.6. The van der Waals surface area contributed by atoms with E-state index >= 15 is 0 Å². The van der Waals surface area contributed by atoms with Gasteiger partial charge in [0.1, 0.15) is 5.52 Å². The van der Waals surface area contributed by atoms with Crippen molar-refractivity contribution in [1.82, 2.24) is 15.0 Å². The number of benzene rings is 1. The second-order valence-electron chi connectivity index (χ2n) is 4.53. The van der Waals surface area contributed by atoms with E-state index in [1.54, 1.807) is 12.4 Å². The molecule has 0 aliphatic heterocycles. The molecule has 4 heteroatoms. The second kappa shape index (κ2) is 4.65. The van der Waals surface area contributed by atoms with Gasteiger partial charge in [-0.15, -0.1) is 0 Å². The third-order valence-electron chi connectivity index (χ3n) is 3.10. The van der Waals surface area contributed by atoms with Crippen molar-refractivity contribution in [2.75, 3.05) is 5.32 Å². The minimum Gasteiger partial charge on any atom is -0.339 e. The summed E-state index contributed by atoms with van der Waals surface area (Å²) in [4.78, 5) is 13.0. The van der Waals surface area contributed by atoms with E-state index in [-0.39, 0.29) is 0 Å². The smallest absolute Gasteiger partial charge is 0.180 e. The van der Waals surface area contributed by atoms with Gasteiger partial charge in [0, 0.05) is 11.9 Å². The van der Waals surface area contributed by atoms with Crippen molar-refractivity contribution in [2.45, 2.75) is 13.8 Å². The largest absolute Gasteiger partial charge is 0.339 e. The van der Waals surface area contributed by atoms with Crippen LogP contribution in [0.2, 0.25) is 0 Å². The number of nitrogens with zero attached hydrogens (tertiary/aromatic N) is 3. The van der Waals surface area contributed by atoms with Crippen molar-refractivity contribution in [3.8, 4) is 0 Å². The van der Waals surface area contributed by atoms with Gasteiger partial charge in [0.05, 0.1) is 6.20 Å². The quantitative estimate of drug-likeness (QED) is 0.757. The maximum Gasteiger partial charge on any atom is 0.180 e. The zero-order valence-electron chi connectivity index (χ0n) is 10.9. The molecule has 0 bridgehead atoms. The van der Waals surface area contributed by atoms with E-state index < -0.39 is 0 Å². The van der Waals surface area contributed by atoms with Crippen LogP contribution in [0, 0.1) is 13.8 Å². The van der Waals surface area contributed by atoms with Crippen molar-refractivity contribution in [3.63, 3.8) is 0 Å². The van der Waals surface area contributed by atoms with Gasteiger partial charge in [0.25, 0.3) is 0 Å². The highest BCUT2D eigenvalue weighted by atomic mass is 15.0. The van der Waals surface area contributed by atoms with Crippen LogP contribution in [0.4, 0.5) is 11.5 Å². The van der Waals surface area contributed by atoms with Crippen LogP contribution in [0.25, 0.3) is 11.2 Å². The fourth-order valence-electron chi connectivity index (χ4n) is 1.88. The Morgan fingerprint density at radius 2 is 1.89 bits per heavy atom. The Morgan fingerprint density at radius 3 is 2.74 bits per heavy atom. The minimum atomic E-state index is 0.649. The van der Waals surface area contributed by atoms with E-state index in [0.717, 1.165) is 11.2 Å². The predicted octanol–water partition coefficient (Wildman–Crippen LogP) is 3.39. The monoisotopic (exact) mass is 250 g/mol. The SMILES string of the molecule is Cc1ccc(Nc2cnc3cccnc3n2)cc1C. The average molecular weight is 250 g/mol. The molecule has 2 heterocycles. The molecule has 0 spiro atoms. The Balaban J connectivity index is 1.94. The summed E-state index contributed by atoms with van der Waals surface area (Å²) in [6.07, 6.45) is 3.44. The molecule has 4 nitrogen and oxygen atoms in total.